The minimum Gasteiger partial charge on any atom is -0.378 e. The number of benzene rings is 1. The average molecular weight is 235 g/mol. The van der Waals surface area contributed by atoms with Gasteiger partial charge in [0.25, 0.3) is 0 Å². The van der Waals surface area contributed by atoms with Crippen molar-refractivity contribution in [2.45, 2.75) is 0 Å². The van der Waals surface area contributed by atoms with E-state index < -0.39 is 0 Å². The zero-order chi connectivity index (χ0) is 12.0. The quantitative estimate of drug-likeness (QED) is 0.618. The molecule has 0 heterocycles. The molecule has 0 saturated carbocycles. The molecular formula is C12H17N3S. The highest BCUT2D eigenvalue weighted by Gasteiger charge is 1.99. The summed E-state index contributed by atoms with van der Waals surface area (Å²) < 4.78 is 0. The van der Waals surface area contributed by atoms with E-state index in [0.717, 1.165) is 11.4 Å². The van der Waals surface area contributed by atoms with Crippen molar-refractivity contribution in [2.75, 3.05) is 30.9 Å². The summed E-state index contributed by atoms with van der Waals surface area (Å²) in [5.41, 5.74) is 2.12. The zero-order valence-corrected chi connectivity index (χ0v) is 10.5. The standard InChI is InChI=1S/C12H17N3S/c1-4-8-13-12(16)14-10-6-5-7-11(9-10)15(2)3/h4-7,9H,1,8H2,2-3H3,(H2,13,14,16). The number of thiocarbonyl (C=S) groups is 1. The molecule has 0 bridgehead atoms. The number of anilines is 2. The summed E-state index contributed by atoms with van der Waals surface area (Å²) in [5, 5.41) is 6.74. The van der Waals surface area contributed by atoms with Gasteiger partial charge in [0.05, 0.1) is 0 Å². The summed E-state index contributed by atoms with van der Waals surface area (Å²) in [7, 11) is 4.01. The number of nitrogens with one attached hydrogen (secondary N) is 2. The van der Waals surface area contributed by atoms with Crippen LogP contribution in [0.15, 0.2) is 36.9 Å². The molecule has 2 N–H and O–H groups in total. The average Bonchev–Trinajstić information content (AvgIpc) is 2.26. The highest BCUT2D eigenvalue weighted by molar-refractivity contribution is 7.80. The molecular weight excluding hydrogens is 218 g/mol. The van der Waals surface area contributed by atoms with Gasteiger partial charge in [-0.05, 0) is 30.4 Å². The smallest absolute Gasteiger partial charge is 0.171 e. The Morgan fingerprint density at radius 1 is 1.50 bits per heavy atom. The molecule has 0 aromatic heterocycles. The van der Waals surface area contributed by atoms with Crippen LogP contribution in [0.1, 0.15) is 0 Å². The fourth-order valence-electron chi connectivity index (χ4n) is 1.20. The fraction of sp³-hybridized carbons (Fsp3) is 0.250. The highest BCUT2D eigenvalue weighted by atomic mass is 32.1. The van der Waals surface area contributed by atoms with Crippen LogP contribution >= 0.6 is 12.2 Å². The van der Waals surface area contributed by atoms with Crippen LogP contribution in [0.3, 0.4) is 0 Å². The Morgan fingerprint density at radius 2 is 2.25 bits per heavy atom. The maximum atomic E-state index is 5.13. The molecule has 0 aliphatic heterocycles. The molecule has 16 heavy (non-hydrogen) atoms. The predicted octanol–water partition coefficient (Wildman–Crippen LogP) is 2.22. The third-order valence-electron chi connectivity index (χ3n) is 2.03. The van der Waals surface area contributed by atoms with Crippen LogP contribution in [0.5, 0.6) is 0 Å². The Bertz CT molecular complexity index is 374. The van der Waals surface area contributed by atoms with Gasteiger partial charge in [0, 0.05) is 32.0 Å². The van der Waals surface area contributed by atoms with Gasteiger partial charge in [0.1, 0.15) is 0 Å². The molecule has 3 nitrogen and oxygen atoms in total. The van der Waals surface area contributed by atoms with E-state index in [9.17, 15) is 0 Å². The van der Waals surface area contributed by atoms with Crippen molar-refractivity contribution in [1.82, 2.24) is 5.32 Å². The Morgan fingerprint density at radius 3 is 2.88 bits per heavy atom. The summed E-state index contributed by atoms with van der Waals surface area (Å²) in [5.74, 6) is 0. The van der Waals surface area contributed by atoms with E-state index in [1.165, 1.54) is 0 Å². The van der Waals surface area contributed by atoms with E-state index in [0.29, 0.717) is 11.7 Å². The third kappa shape index (κ3) is 3.90. The van der Waals surface area contributed by atoms with Crippen molar-refractivity contribution >= 4 is 28.7 Å². The molecule has 0 aliphatic carbocycles. The van der Waals surface area contributed by atoms with Crippen molar-refractivity contribution < 1.29 is 0 Å². The second kappa shape index (κ2) is 6.12. The monoisotopic (exact) mass is 235 g/mol. The Kier molecular flexibility index (Phi) is 4.79. The second-order valence-corrected chi connectivity index (χ2v) is 3.98. The van der Waals surface area contributed by atoms with Gasteiger partial charge in [-0.1, -0.05) is 12.1 Å². The molecule has 0 atom stereocenters. The summed E-state index contributed by atoms with van der Waals surface area (Å²) >= 11 is 5.13. The molecule has 1 aromatic rings. The molecule has 0 saturated heterocycles. The predicted molar refractivity (Wildman–Crippen MR) is 75.2 cm³/mol. The highest BCUT2D eigenvalue weighted by Crippen LogP contribution is 2.16. The summed E-state index contributed by atoms with van der Waals surface area (Å²) in [6, 6.07) is 8.07. The first-order valence-electron chi connectivity index (χ1n) is 5.06. The van der Waals surface area contributed by atoms with Gasteiger partial charge in [-0.25, -0.2) is 0 Å². The van der Waals surface area contributed by atoms with E-state index in [1.54, 1.807) is 6.08 Å². The number of hydrogen-bond acceptors (Lipinski definition) is 2. The van der Waals surface area contributed by atoms with Gasteiger partial charge in [-0.3, -0.25) is 0 Å². The van der Waals surface area contributed by atoms with Crippen molar-refractivity contribution in [3.8, 4) is 0 Å². The number of nitrogens with zero attached hydrogens (tertiary/aromatic N) is 1. The van der Waals surface area contributed by atoms with Crippen LogP contribution in [-0.2, 0) is 0 Å². The second-order valence-electron chi connectivity index (χ2n) is 3.57. The van der Waals surface area contributed by atoms with Crippen molar-refractivity contribution in [2.24, 2.45) is 0 Å². The summed E-state index contributed by atoms with van der Waals surface area (Å²) in [4.78, 5) is 2.05. The van der Waals surface area contributed by atoms with Crippen LogP contribution in [0.2, 0.25) is 0 Å². The minimum absolute atomic E-state index is 0.607. The third-order valence-corrected chi connectivity index (χ3v) is 2.27. The van der Waals surface area contributed by atoms with Gasteiger partial charge in [-0.2, -0.15) is 0 Å². The van der Waals surface area contributed by atoms with Crippen LogP contribution in [-0.4, -0.2) is 25.8 Å². The maximum absolute atomic E-state index is 5.13. The van der Waals surface area contributed by atoms with E-state index in [4.69, 9.17) is 12.2 Å². The molecule has 4 heteroatoms. The van der Waals surface area contributed by atoms with Gasteiger partial charge < -0.3 is 15.5 Å². The molecule has 0 spiro atoms. The first kappa shape index (κ1) is 12.5. The SMILES string of the molecule is C=CCNC(=S)Nc1cccc(N(C)C)c1. The van der Waals surface area contributed by atoms with E-state index in [1.807, 2.05) is 43.3 Å². The van der Waals surface area contributed by atoms with Gasteiger partial charge in [-0.15, -0.1) is 6.58 Å². The lowest BCUT2D eigenvalue weighted by Crippen LogP contribution is -2.28. The number of hydrogen-bond donors (Lipinski definition) is 2. The Labute approximate surface area is 102 Å². The van der Waals surface area contributed by atoms with E-state index >= 15 is 0 Å². The van der Waals surface area contributed by atoms with E-state index in [2.05, 4.69) is 17.2 Å². The Hall–Kier alpha value is -1.55. The molecule has 86 valence electrons. The minimum atomic E-state index is 0.607. The van der Waals surface area contributed by atoms with Crippen LogP contribution in [0.4, 0.5) is 11.4 Å². The van der Waals surface area contributed by atoms with Crippen LogP contribution in [0.25, 0.3) is 0 Å². The largest absolute Gasteiger partial charge is 0.378 e. The lowest BCUT2D eigenvalue weighted by atomic mass is 10.2. The van der Waals surface area contributed by atoms with Crippen molar-refractivity contribution in [3.63, 3.8) is 0 Å². The number of rotatable bonds is 4. The normalized spacial score (nSPS) is 9.38. The lowest BCUT2D eigenvalue weighted by molar-refractivity contribution is 1.06. The van der Waals surface area contributed by atoms with Gasteiger partial charge >= 0.3 is 0 Å². The van der Waals surface area contributed by atoms with Crippen LogP contribution < -0.4 is 15.5 Å². The maximum Gasteiger partial charge on any atom is 0.171 e. The first-order chi connectivity index (χ1) is 7.63. The molecule has 0 aliphatic rings. The zero-order valence-electron chi connectivity index (χ0n) is 9.66. The summed E-state index contributed by atoms with van der Waals surface area (Å²) in [6.07, 6.45) is 1.77. The molecule has 0 radical (unpaired) electrons. The van der Waals surface area contributed by atoms with Gasteiger partial charge in [0.15, 0.2) is 5.11 Å². The molecule has 0 fully saturated rings. The topological polar surface area (TPSA) is 27.3 Å². The molecule has 1 aromatic carbocycles. The Balaban J connectivity index is 2.63. The first-order valence-corrected chi connectivity index (χ1v) is 5.47. The lowest BCUT2D eigenvalue weighted by Gasteiger charge is -2.15. The molecule has 0 amide bonds. The summed E-state index contributed by atoms with van der Waals surface area (Å²) in [6.45, 7) is 4.29. The van der Waals surface area contributed by atoms with Crippen molar-refractivity contribution in [1.29, 1.82) is 0 Å². The van der Waals surface area contributed by atoms with Crippen molar-refractivity contribution in [3.05, 3.63) is 36.9 Å². The van der Waals surface area contributed by atoms with E-state index in [-0.39, 0.29) is 0 Å². The molecule has 0 unspecified atom stereocenters. The van der Waals surface area contributed by atoms with Gasteiger partial charge in [0.2, 0.25) is 0 Å². The fourth-order valence-corrected chi connectivity index (χ4v) is 1.40. The van der Waals surface area contributed by atoms with Crippen LogP contribution in [0, 0.1) is 0 Å². The molecule has 1 rings (SSSR count).